The molecule has 0 amide bonds. The average molecular weight is 237 g/mol. The lowest BCUT2D eigenvalue weighted by Crippen LogP contribution is -2.00. The highest BCUT2D eigenvalue weighted by atomic mass is 35.5. The van der Waals surface area contributed by atoms with E-state index in [1.54, 1.807) is 0 Å². The predicted octanol–water partition coefficient (Wildman–Crippen LogP) is 3.92. The lowest BCUT2D eigenvalue weighted by Gasteiger charge is -2.05. The average Bonchev–Trinajstić information content (AvgIpc) is 2.14. The van der Waals surface area contributed by atoms with E-state index in [4.69, 9.17) is 16.3 Å². The van der Waals surface area contributed by atoms with Gasteiger partial charge in [0.25, 0.3) is 0 Å². The quantitative estimate of drug-likeness (QED) is 0.756. The highest BCUT2D eigenvalue weighted by molar-refractivity contribution is 6.30. The summed E-state index contributed by atoms with van der Waals surface area (Å²) in [5.74, 6) is 0.308. The Labute approximate surface area is 90.1 Å². The Balaban J connectivity index is 3.00. The highest BCUT2D eigenvalue weighted by Crippen LogP contribution is 2.26. The van der Waals surface area contributed by atoms with Gasteiger partial charge in [-0.05, 0) is 24.3 Å². The molecule has 0 saturated heterocycles. The fourth-order valence-corrected chi connectivity index (χ4v) is 1.17. The third-order valence-electron chi connectivity index (χ3n) is 1.65. The van der Waals surface area contributed by atoms with Crippen LogP contribution in [0.5, 0.6) is 5.75 Å². The molecule has 1 aromatic carbocycles. The van der Waals surface area contributed by atoms with Gasteiger partial charge in [0.15, 0.2) is 0 Å². The van der Waals surface area contributed by atoms with Gasteiger partial charge >= 0.3 is 6.18 Å². The molecule has 1 aromatic rings. The minimum atomic E-state index is -4.33. The van der Waals surface area contributed by atoms with Gasteiger partial charge in [-0.2, -0.15) is 13.2 Å². The van der Waals surface area contributed by atoms with Crippen LogP contribution in [-0.2, 0) is 0 Å². The Bertz CT molecular complexity index is 371. The first-order valence-electron chi connectivity index (χ1n) is 4.02. The molecule has 0 aromatic heterocycles. The zero-order valence-electron chi connectivity index (χ0n) is 7.81. The minimum Gasteiger partial charge on any atom is -0.496 e. The van der Waals surface area contributed by atoms with E-state index >= 15 is 0 Å². The van der Waals surface area contributed by atoms with Crippen molar-refractivity contribution in [3.63, 3.8) is 0 Å². The number of rotatable bonds is 2. The Morgan fingerprint density at radius 1 is 1.33 bits per heavy atom. The molecule has 1 nitrogen and oxygen atoms in total. The van der Waals surface area contributed by atoms with Crippen molar-refractivity contribution in [1.82, 2.24) is 0 Å². The number of alkyl halides is 3. The van der Waals surface area contributed by atoms with Crippen molar-refractivity contribution in [3.05, 3.63) is 34.9 Å². The molecule has 0 atom stereocenters. The normalized spacial score (nSPS) is 12.1. The van der Waals surface area contributed by atoms with Crippen molar-refractivity contribution >= 4 is 17.7 Å². The van der Waals surface area contributed by atoms with Crippen LogP contribution in [0.4, 0.5) is 13.2 Å². The third-order valence-corrected chi connectivity index (χ3v) is 1.88. The van der Waals surface area contributed by atoms with Crippen LogP contribution in [0.15, 0.2) is 24.3 Å². The van der Waals surface area contributed by atoms with Crippen molar-refractivity contribution in [1.29, 1.82) is 0 Å². The maximum absolute atomic E-state index is 11.9. The van der Waals surface area contributed by atoms with Crippen LogP contribution >= 0.6 is 11.6 Å². The van der Waals surface area contributed by atoms with Crippen LogP contribution in [0.1, 0.15) is 5.56 Å². The number of hydrogen-bond acceptors (Lipinski definition) is 1. The second-order valence-electron chi connectivity index (χ2n) is 2.76. The maximum Gasteiger partial charge on any atom is 0.409 e. The van der Waals surface area contributed by atoms with Gasteiger partial charge in [-0.3, -0.25) is 0 Å². The maximum atomic E-state index is 11.9. The largest absolute Gasteiger partial charge is 0.496 e. The molecule has 0 aliphatic carbocycles. The Hall–Kier alpha value is -1.16. The zero-order valence-corrected chi connectivity index (χ0v) is 8.56. The Morgan fingerprint density at radius 2 is 2.00 bits per heavy atom. The number of hydrogen-bond donors (Lipinski definition) is 0. The van der Waals surface area contributed by atoms with E-state index < -0.39 is 6.18 Å². The molecule has 0 N–H and O–H groups in total. The van der Waals surface area contributed by atoms with Gasteiger partial charge in [0.2, 0.25) is 0 Å². The predicted molar refractivity (Wildman–Crippen MR) is 53.1 cm³/mol. The van der Waals surface area contributed by atoms with Crippen LogP contribution in [0.3, 0.4) is 0 Å². The van der Waals surface area contributed by atoms with Crippen LogP contribution in [0, 0.1) is 0 Å². The van der Waals surface area contributed by atoms with Gasteiger partial charge in [-0.15, -0.1) is 0 Å². The molecule has 0 fully saturated rings. The molecule has 0 aliphatic rings. The van der Waals surface area contributed by atoms with Gasteiger partial charge in [0, 0.05) is 16.7 Å². The second kappa shape index (κ2) is 4.57. The fourth-order valence-electron chi connectivity index (χ4n) is 1.01. The van der Waals surface area contributed by atoms with Gasteiger partial charge in [0.1, 0.15) is 5.75 Å². The van der Waals surface area contributed by atoms with Crippen molar-refractivity contribution < 1.29 is 17.9 Å². The Morgan fingerprint density at radius 3 is 2.53 bits per heavy atom. The molecule has 82 valence electrons. The van der Waals surface area contributed by atoms with Crippen molar-refractivity contribution in [3.8, 4) is 5.75 Å². The molecule has 0 radical (unpaired) electrons. The molecule has 5 heteroatoms. The summed E-state index contributed by atoms with van der Waals surface area (Å²) >= 11 is 5.66. The van der Waals surface area contributed by atoms with Crippen LogP contribution < -0.4 is 4.74 Å². The van der Waals surface area contributed by atoms with E-state index in [-0.39, 0.29) is 6.08 Å². The minimum absolute atomic E-state index is 0.152. The van der Waals surface area contributed by atoms with Crippen molar-refractivity contribution in [2.45, 2.75) is 6.18 Å². The molecular formula is C10H8ClF3O. The molecular weight excluding hydrogens is 229 g/mol. The lowest BCUT2D eigenvalue weighted by molar-refractivity contribution is -0.0790. The summed E-state index contributed by atoms with van der Waals surface area (Å²) < 4.78 is 40.6. The second-order valence-corrected chi connectivity index (χ2v) is 3.20. The monoisotopic (exact) mass is 236 g/mol. The lowest BCUT2D eigenvalue weighted by atomic mass is 10.2. The van der Waals surface area contributed by atoms with Crippen LogP contribution in [0.2, 0.25) is 5.02 Å². The molecule has 1 rings (SSSR count). The molecule has 0 spiro atoms. The number of benzene rings is 1. The van der Waals surface area contributed by atoms with Gasteiger partial charge in [0.05, 0.1) is 7.11 Å². The fraction of sp³-hybridized carbons (Fsp3) is 0.200. The van der Waals surface area contributed by atoms with E-state index in [9.17, 15) is 13.2 Å². The first kappa shape index (κ1) is 11.9. The molecule has 0 saturated carbocycles. The Kier molecular flexibility index (Phi) is 3.63. The van der Waals surface area contributed by atoms with Gasteiger partial charge in [-0.1, -0.05) is 11.6 Å². The van der Waals surface area contributed by atoms with Crippen molar-refractivity contribution in [2.24, 2.45) is 0 Å². The van der Waals surface area contributed by atoms with Gasteiger partial charge < -0.3 is 4.74 Å². The molecule has 0 unspecified atom stereocenters. The number of halogens is 4. The number of allylic oxidation sites excluding steroid dienone is 1. The van der Waals surface area contributed by atoms with Crippen LogP contribution in [-0.4, -0.2) is 13.3 Å². The molecule has 0 bridgehead atoms. The summed E-state index contributed by atoms with van der Waals surface area (Å²) in [6, 6.07) is 4.42. The summed E-state index contributed by atoms with van der Waals surface area (Å²) in [5.41, 5.74) is 0.333. The number of ether oxygens (including phenoxy) is 1. The standard InChI is InChI=1S/C10H8ClF3O/c1-15-9-6-8(11)3-2-7(9)4-5-10(12,13)14/h2-6H,1H3/b5-4+. The highest BCUT2D eigenvalue weighted by Gasteiger charge is 2.22. The molecule has 0 aliphatic heterocycles. The summed E-state index contributed by atoms with van der Waals surface area (Å²) in [5, 5.41) is 0.413. The van der Waals surface area contributed by atoms with Crippen LogP contribution in [0.25, 0.3) is 6.08 Å². The van der Waals surface area contributed by atoms with E-state index in [0.717, 1.165) is 6.08 Å². The van der Waals surface area contributed by atoms with Gasteiger partial charge in [-0.25, -0.2) is 0 Å². The van der Waals surface area contributed by atoms with E-state index in [2.05, 4.69) is 0 Å². The summed E-state index contributed by atoms with van der Waals surface area (Å²) in [6.45, 7) is 0. The first-order valence-corrected chi connectivity index (χ1v) is 4.39. The first-order chi connectivity index (χ1) is 6.92. The summed E-state index contributed by atoms with van der Waals surface area (Å²) in [4.78, 5) is 0. The topological polar surface area (TPSA) is 9.23 Å². The van der Waals surface area contributed by atoms with E-state index in [1.165, 1.54) is 25.3 Å². The summed E-state index contributed by atoms with van der Waals surface area (Å²) in [7, 11) is 1.37. The smallest absolute Gasteiger partial charge is 0.409 e. The molecule has 15 heavy (non-hydrogen) atoms. The zero-order chi connectivity index (χ0) is 11.5. The third kappa shape index (κ3) is 3.83. The van der Waals surface area contributed by atoms with Crippen molar-refractivity contribution in [2.75, 3.05) is 7.11 Å². The SMILES string of the molecule is COc1cc(Cl)ccc1/C=C/C(F)(F)F. The van der Waals surface area contributed by atoms with E-state index in [1.807, 2.05) is 0 Å². The summed E-state index contributed by atoms with van der Waals surface area (Å²) in [6.07, 6.45) is -3.24. The molecule has 0 heterocycles. The van der Waals surface area contributed by atoms with E-state index in [0.29, 0.717) is 16.3 Å². The number of methoxy groups -OCH3 is 1.